The zero-order chi connectivity index (χ0) is 17.9. The number of allylic oxidation sites excluding steroid dienone is 2. The van der Waals surface area contributed by atoms with E-state index in [0.717, 1.165) is 0 Å². The van der Waals surface area contributed by atoms with E-state index in [-0.39, 0.29) is 22.5 Å². The molecule has 1 aliphatic heterocycles. The van der Waals surface area contributed by atoms with Gasteiger partial charge in [-0.25, -0.2) is 9.59 Å². The summed E-state index contributed by atoms with van der Waals surface area (Å²) in [6.45, 7) is 1.54. The van der Waals surface area contributed by atoms with Crippen LogP contribution in [-0.2, 0) is 14.3 Å². The molecule has 0 fully saturated rings. The molecule has 0 spiro atoms. The van der Waals surface area contributed by atoms with Crippen LogP contribution in [0.2, 0.25) is 0 Å². The Labute approximate surface area is 138 Å². The predicted octanol–water partition coefficient (Wildman–Crippen LogP) is 1.69. The van der Waals surface area contributed by atoms with Crippen molar-refractivity contribution in [1.82, 2.24) is 5.32 Å². The van der Waals surface area contributed by atoms with E-state index in [1.807, 2.05) is 6.07 Å². The zero-order valence-electron chi connectivity index (χ0n) is 13.4. The standard InChI is InChI=1S/C17H16N2O5/c1-9-13(16(20)21)14(10-6-4-5-7-12(10)23-2)15(17(22)24-3)11(8-18)19-9/h4-7,14,19H,1-3H3,(H,20,21). The highest BCUT2D eigenvalue weighted by atomic mass is 16.5. The SMILES string of the molecule is COC(=O)C1=C(C#N)NC(C)=C(C(=O)O)C1c1ccccc1OC. The molecule has 0 bridgehead atoms. The molecule has 124 valence electrons. The van der Waals surface area contributed by atoms with Gasteiger partial charge in [-0.05, 0) is 13.0 Å². The first kappa shape index (κ1) is 17.1. The summed E-state index contributed by atoms with van der Waals surface area (Å²) in [7, 11) is 2.62. The van der Waals surface area contributed by atoms with Gasteiger partial charge in [0.15, 0.2) is 0 Å². The molecule has 1 aromatic carbocycles. The van der Waals surface area contributed by atoms with Crippen LogP contribution in [0, 0.1) is 11.3 Å². The lowest BCUT2D eigenvalue weighted by atomic mass is 9.80. The first-order valence-electron chi connectivity index (χ1n) is 7.02. The predicted molar refractivity (Wildman–Crippen MR) is 83.9 cm³/mol. The minimum Gasteiger partial charge on any atom is -0.496 e. The number of dihydropyridines is 1. The van der Waals surface area contributed by atoms with Crippen LogP contribution in [-0.4, -0.2) is 31.3 Å². The van der Waals surface area contributed by atoms with E-state index in [2.05, 4.69) is 5.32 Å². The maximum absolute atomic E-state index is 12.3. The normalized spacial score (nSPS) is 17.0. The third-order valence-electron chi connectivity index (χ3n) is 3.76. The van der Waals surface area contributed by atoms with Gasteiger partial charge in [-0.1, -0.05) is 18.2 Å². The van der Waals surface area contributed by atoms with Gasteiger partial charge in [-0.3, -0.25) is 0 Å². The number of benzene rings is 1. The van der Waals surface area contributed by atoms with Crippen LogP contribution in [0.25, 0.3) is 0 Å². The zero-order valence-corrected chi connectivity index (χ0v) is 13.4. The summed E-state index contributed by atoms with van der Waals surface area (Å²) in [5.74, 6) is -2.55. The van der Waals surface area contributed by atoms with Gasteiger partial charge in [0.25, 0.3) is 0 Å². The van der Waals surface area contributed by atoms with Crippen molar-refractivity contribution in [2.75, 3.05) is 14.2 Å². The number of aliphatic carboxylic acids is 1. The minimum absolute atomic E-state index is 0.0414. The largest absolute Gasteiger partial charge is 0.496 e. The molecule has 0 aliphatic carbocycles. The third kappa shape index (κ3) is 2.82. The number of rotatable bonds is 4. The lowest BCUT2D eigenvalue weighted by Gasteiger charge is -2.29. The number of carboxylic acid groups (broad SMARTS) is 1. The second-order valence-electron chi connectivity index (χ2n) is 5.04. The van der Waals surface area contributed by atoms with Crippen molar-refractivity contribution in [2.45, 2.75) is 12.8 Å². The Morgan fingerprint density at radius 3 is 2.46 bits per heavy atom. The van der Waals surface area contributed by atoms with Gasteiger partial charge in [0, 0.05) is 11.3 Å². The number of esters is 1. The van der Waals surface area contributed by atoms with E-state index in [1.165, 1.54) is 21.1 Å². The maximum atomic E-state index is 12.3. The quantitative estimate of drug-likeness (QED) is 0.810. The van der Waals surface area contributed by atoms with E-state index >= 15 is 0 Å². The molecule has 7 heteroatoms. The van der Waals surface area contributed by atoms with Gasteiger partial charge in [0.1, 0.15) is 17.5 Å². The number of hydrogen-bond acceptors (Lipinski definition) is 6. The topological polar surface area (TPSA) is 109 Å². The number of carboxylic acids is 1. The number of ether oxygens (including phenoxy) is 2. The molecule has 0 saturated heterocycles. The molecule has 0 amide bonds. The lowest BCUT2D eigenvalue weighted by molar-refractivity contribution is -0.136. The molecule has 1 aliphatic rings. The van der Waals surface area contributed by atoms with E-state index < -0.39 is 17.9 Å². The molecule has 0 saturated carbocycles. The van der Waals surface area contributed by atoms with Crippen LogP contribution in [0.5, 0.6) is 5.75 Å². The number of carbonyl (C=O) groups is 2. The highest BCUT2D eigenvalue weighted by Crippen LogP contribution is 2.42. The van der Waals surface area contributed by atoms with Gasteiger partial charge in [0.2, 0.25) is 0 Å². The van der Waals surface area contributed by atoms with Gasteiger partial charge in [-0.15, -0.1) is 0 Å². The lowest BCUT2D eigenvalue weighted by Crippen LogP contribution is -2.32. The van der Waals surface area contributed by atoms with Gasteiger partial charge in [0.05, 0.1) is 31.3 Å². The molecule has 1 unspecified atom stereocenters. The molecular weight excluding hydrogens is 312 g/mol. The Hall–Kier alpha value is -3.27. The van der Waals surface area contributed by atoms with Crippen molar-refractivity contribution in [3.8, 4) is 11.8 Å². The maximum Gasteiger partial charge on any atom is 0.337 e. The van der Waals surface area contributed by atoms with Crippen molar-refractivity contribution in [2.24, 2.45) is 0 Å². The molecule has 1 atom stereocenters. The molecule has 0 aromatic heterocycles. The molecule has 2 N–H and O–H groups in total. The molecule has 7 nitrogen and oxygen atoms in total. The Morgan fingerprint density at radius 2 is 1.92 bits per heavy atom. The van der Waals surface area contributed by atoms with Crippen LogP contribution < -0.4 is 10.1 Å². The average Bonchev–Trinajstić information content (AvgIpc) is 2.59. The molecule has 0 radical (unpaired) electrons. The van der Waals surface area contributed by atoms with Crippen LogP contribution in [0.3, 0.4) is 0 Å². The average molecular weight is 328 g/mol. The van der Waals surface area contributed by atoms with Crippen molar-refractivity contribution >= 4 is 11.9 Å². The Kier molecular flexibility index (Phi) is 4.90. The Morgan fingerprint density at radius 1 is 1.25 bits per heavy atom. The third-order valence-corrected chi connectivity index (χ3v) is 3.76. The fourth-order valence-electron chi connectivity index (χ4n) is 2.75. The van der Waals surface area contributed by atoms with Gasteiger partial charge >= 0.3 is 11.9 Å². The number of hydrogen-bond donors (Lipinski definition) is 2. The summed E-state index contributed by atoms with van der Waals surface area (Å²) in [6, 6.07) is 8.65. The molecule has 2 rings (SSSR count). The van der Waals surface area contributed by atoms with E-state index in [0.29, 0.717) is 11.3 Å². The number of nitriles is 1. The van der Waals surface area contributed by atoms with Crippen molar-refractivity contribution in [1.29, 1.82) is 5.26 Å². The Balaban J connectivity index is 2.81. The fraction of sp³-hybridized carbons (Fsp3) is 0.235. The highest BCUT2D eigenvalue weighted by molar-refractivity contribution is 6.00. The number of para-hydroxylation sites is 1. The first-order chi connectivity index (χ1) is 11.5. The van der Waals surface area contributed by atoms with Crippen molar-refractivity contribution in [3.63, 3.8) is 0 Å². The summed E-state index contributed by atoms with van der Waals surface area (Å²) in [4.78, 5) is 24.1. The van der Waals surface area contributed by atoms with Gasteiger partial charge < -0.3 is 19.9 Å². The number of nitrogens with one attached hydrogen (secondary N) is 1. The van der Waals surface area contributed by atoms with E-state index in [9.17, 15) is 20.0 Å². The van der Waals surface area contributed by atoms with Crippen LogP contribution >= 0.6 is 0 Å². The van der Waals surface area contributed by atoms with Crippen molar-refractivity contribution in [3.05, 3.63) is 52.4 Å². The summed E-state index contributed by atoms with van der Waals surface area (Å²) < 4.78 is 10.1. The number of methoxy groups -OCH3 is 2. The number of nitrogens with zero attached hydrogens (tertiary/aromatic N) is 1. The van der Waals surface area contributed by atoms with Crippen LogP contribution in [0.15, 0.2) is 46.8 Å². The number of carbonyl (C=O) groups excluding carboxylic acids is 1. The second kappa shape index (κ2) is 6.87. The monoisotopic (exact) mass is 328 g/mol. The minimum atomic E-state index is -1.20. The van der Waals surface area contributed by atoms with Crippen molar-refractivity contribution < 1.29 is 24.2 Å². The highest BCUT2D eigenvalue weighted by Gasteiger charge is 2.39. The fourth-order valence-corrected chi connectivity index (χ4v) is 2.75. The molecule has 1 heterocycles. The first-order valence-corrected chi connectivity index (χ1v) is 7.02. The Bertz CT molecular complexity index is 801. The van der Waals surface area contributed by atoms with Crippen LogP contribution in [0.1, 0.15) is 18.4 Å². The van der Waals surface area contributed by atoms with Gasteiger partial charge in [-0.2, -0.15) is 5.26 Å². The summed E-state index contributed by atoms with van der Waals surface area (Å²) in [5, 5.41) is 21.7. The smallest absolute Gasteiger partial charge is 0.337 e. The summed E-state index contributed by atoms with van der Waals surface area (Å²) in [5.41, 5.74) is 0.598. The molecule has 24 heavy (non-hydrogen) atoms. The second-order valence-corrected chi connectivity index (χ2v) is 5.04. The van der Waals surface area contributed by atoms with E-state index in [1.54, 1.807) is 24.3 Å². The summed E-state index contributed by atoms with van der Waals surface area (Å²) >= 11 is 0. The molecule has 1 aromatic rings. The van der Waals surface area contributed by atoms with Crippen LogP contribution in [0.4, 0.5) is 0 Å². The molecular formula is C17H16N2O5. The summed E-state index contributed by atoms with van der Waals surface area (Å²) in [6.07, 6.45) is 0. The van der Waals surface area contributed by atoms with E-state index in [4.69, 9.17) is 9.47 Å².